The van der Waals surface area contributed by atoms with Gasteiger partial charge in [-0.15, -0.1) is 0 Å². The molecule has 0 amide bonds. The SMILES string of the molecule is COC(=O)[C@H](C/C=C/C(N)C(F)(F)F)NS(=O)(=O)c1ccc([N+](=O)[O-])cc1. The molecule has 1 rings (SSSR count). The maximum Gasteiger partial charge on any atom is 0.407 e. The number of nitrogens with one attached hydrogen (secondary N) is 1. The van der Waals surface area contributed by atoms with Crippen LogP contribution in [0.25, 0.3) is 0 Å². The first-order valence-corrected chi connectivity index (χ1v) is 8.70. The van der Waals surface area contributed by atoms with Crippen molar-refractivity contribution in [3.8, 4) is 0 Å². The van der Waals surface area contributed by atoms with E-state index in [1.165, 1.54) is 0 Å². The van der Waals surface area contributed by atoms with Gasteiger partial charge in [0.25, 0.3) is 5.69 Å². The van der Waals surface area contributed by atoms with Crippen LogP contribution in [0, 0.1) is 10.1 Å². The molecule has 27 heavy (non-hydrogen) atoms. The van der Waals surface area contributed by atoms with Gasteiger partial charge in [0.1, 0.15) is 12.1 Å². The van der Waals surface area contributed by atoms with E-state index in [1.54, 1.807) is 0 Å². The summed E-state index contributed by atoms with van der Waals surface area (Å²) >= 11 is 0. The average molecular weight is 411 g/mol. The summed E-state index contributed by atoms with van der Waals surface area (Å²) in [5, 5.41) is 10.6. The number of ether oxygens (including phenoxy) is 1. The number of hydrogen-bond donors (Lipinski definition) is 2. The summed E-state index contributed by atoms with van der Waals surface area (Å²) in [7, 11) is -3.32. The van der Waals surface area contributed by atoms with Crippen molar-refractivity contribution in [1.29, 1.82) is 0 Å². The number of carbonyl (C=O) groups excluding carboxylic acids is 1. The zero-order chi connectivity index (χ0) is 20.8. The van der Waals surface area contributed by atoms with Crippen molar-refractivity contribution in [3.63, 3.8) is 0 Å². The number of esters is 1. The number of rotatable bonds is 8. The van der Waals surface area contributed by atoms with Crippen LogP contribution in [0.5, 0.6) is 0 Å². The molecule has 1 aromatic carbocycles. The van der Waals surface area contributed by atoms with Crippen molar-refractivity contribution in [3.05, 3.63) is 46.5 Å². The van der Waals surface area contributed by atoms with Crippen LogP contribution in [0.3, 0.4) is 0 Å². The average Bonchev–Trinajstić information content (AvgIpc) is 2.59. The van der Waals surface area contributed by atoms with Gasteiger partial charge in [-0.2, -0.15) is 17.9 Å². The number of hydrogen-bond acceptors (Lipinski definition) is 7. The lowest BCUT2D eigenvalue weighted by Gasteiger charge is -2.16. The number of nitrogens with zero attached hydrogens (tertiary/aromatic N) is 1. The van der Waals surface area contributed by atoms with Crippen LogP contribution in [0.15, 0.2) is 41.3 Å². The van der Waals surface area contributed by atoms with Gasteiger partial charge in [-0.1, -0.05) is 12.2 Å². The fourth-order valence-corrected chi connectivity index (χ4v) is 3.00. The lowest BCUT2D eigenvalue weighted by Crippen LogP contribution is -2.41. The highest BCUT2D eigenvalue weighted by molar-refractivity contribution is 7.89. The molecular weight excluding hydrogens is 395 g/mol. The van der Waals surface area contributed by atoms with E-state index in [0.717, 1.165) is 37.5 Å². The number of alkyl halides is 3. The molecular formula is C14H16F3N3O6S. The zero-order valence-electron chi connectivity index (χ0n) is 13.8. The van der Waals surface area contributed by atoms with E-state index in [9.17, 15) is 36.5 Å². The van der Waals surface area contributed by atoms with E-state index in [1.807, 2.05) is 4.72 Å². The van der Waals surface area contributed by atoms with Crippen molar-refractivity contribution >= 4 is 21.7 Å². The number of carbonyl (C=O) groups is 1. The third-order valence-electron chi connectivity index (χ3n) is 3.23. The van der Waals surface area contributed by atoms with Crippen LogP contribution in [0.4, 0.5) is 18.9 Å². The standard InChI is InChI=1S/C14H16F3N3O6S/c1-26-13(21)11(3-2-4-12(18)14(15,16)17)19-27(24,25)10-7-5-9(6-8-10)20(22)23/h2,4-8,11-12,19H,3,18H2,1H3/b4-2+/t11-,12?/m0/s1. The topological polar surface area (TPSA) is 142 Å². The number of nitro groups is 1. The highest BCUT2D eigenvalue weighted by Crippen LogP contribution is 2.20. The molecule has 0 bridgehead atoms. The van der Waals surface area contributed by atoms with Crippen molar-refractivity contribution in [2.45, 2.75) is 29.6 Å². The molecule has 0 aliphatic carbocycles. The fraction of sp³-hybridized carbons (Fsp3) is 0.357. The molecule has 2 atom stereocenters. The van der Waals surface area contributed by atoms with Gasteiger partial charge in [0.2, 0.25) is 10.0 Å². The molecule has 0 aromatic heterocycles. The summed E-state index contributed by atoms with van der Waals surface area (Å²) in [5.74, 6) is -1.04. The number of nitrogens with two attached hydrogens (primary N) is 1. The van der Waals surface area contributed by atoms with Crippen LogP contribution in [-0.4, -0.2) is 44.7 Å². The Morgan fingerprint density at radius 2 is 1.93 bits per heavy atom. The molecule has 0 fully saturated rings. The van der Waals surface area contributed by atoms with Gasteiger partial charge in [0.05, 0.1) is 16.9 Å². The predicted molar refractivity (Wildman–Crippen MR) is 87.0 cm³/mol. The van der Waals surface area contributed by atoms with Crippen LogP contribution in [0.2, 0.25) is 0 Å². The Morgan fingerprint density at radius 3 is 2.37 bits per heavy atom. The maximum atomic E-state index is 12.4. The molecule has 0 aliphatic heterocycles. The molecule has 9 nitrogen and oxygen atoms in total. The van der Waals surface area contributed by atoms with Crippen molar-refractivity contribution in [2.24, 2.45) is 5.73 Å². The fourth-order valence-electron chi connectivity index (χ4n) is 1.81. The molecule has 0 heterocycles. The quantitative estimate of drug-likeness (QED) is 0.284. The molecule has 0 aliphatic rings. The molecule has 0 saturated heterocycles. The van der Waals surface area contributed by atoms with E-state index in [-0.39, 0.29) is 10.6 Å². The molecule has 13 heteroatoms. The summed E-state index contributed by atoms with van der Waals surface area (Å²) in [6.07, 6.45) is -3.66. The minimum absolute atomic E-state index is 0.345. The number of benzene rings is 1. The largest absolute Gasteiger partial charge is 0.468 e. The van der Waals surface area contributed by atoms with Gasteiger partial charge < -0.3 is 10.5 Å². The highest BCUT2D eigenvalue weighted by atomic mass is 32.2. The van der Waals surface area contributed by atoms with Gasteiger partial charge in [0.15, 0.2) is 0 Å². The van der Waals surface area contributed by atoms with Gasteiger partial charge in [-0.3, -0.25) is 14.9 Å². The lowest BCUT2D eigenvalue weighted by molar-refractivity contribution is -0.384. The molecule has 0 spiro atoms. The van der Waals surface area contributed by atoms with Crippen LogP contribution < -0.4 is 10.5 Å². The lowest BCUT2D eigenvalue weighted by atomic mass is 10.2. The maximum absolute atomic E-state index is 12.4. The molecule has 0 radical (unpaired) electrons. The highest BCUT2D eigenvalue weighted by Gasteiger charge is 2.34. The number of methoxy groups -OCH3 is 1. The van der Waals surface area contributed by atoms with Crippen LogP contribution >= 0.6 is 0 Å². The monoisotopic (exact) mass is 411 g/mol. The van der Waals surface area contributed by atoms with Crippen molar-refractivity contribution < 1.29 is 36.0 Å². The van der Waals surface area contributed by atoms with Crippen molar-refractivity contribution in [2.75, 3.05) is 7.11 Å². The number of halogens is 3. The first kappa shape index (κ1) is 22.5. The van der Waals surface area contributed by atoms with Gasteiger partial charge in [-0.25, -0.2) is 8.42 Å². The smallest absolute Gasteiger partial charge is 0.407 e. The third kappa shape index (κ3) is 6.62. The number of sulfonamides is 1. The second-order valence-electron chi connectivity index (χ2n) is 5.18. The van der Waals surface area contributed by atoms with E-state index >= 15 is 0 Å². The first-order valence-electron chi connectivity index (χ1n) is 7.22. The Bertz CT molecular complexity index is 808. The molecule has 150 valence electrons. The van der Waals surface area contributed by atoms with Gasteiger partial charge in [-0.05, 0) is 18.6 Å². The van der Waals surface area contributed by atoms with Gasteiger partial charge in [0, 0.05) is 12.1 Å². The Morgan fingerprint density at radius 1 is 1.37 bits per heavy atom. The predicted octanol–water partition coefficient (Wildman–Crippen LogP) is 1.25. The minimum Gasteiger partial charge on any atom is -0.468 e. The first-order chi connectivity index (χ1) is 12.4. The summed E-state index contributed by atoms with van der Waals surface area (Å²) in [6, 6.07) is -0.00327. The minimum atomic E-state index is -4.68. The van der Waals surface area contributed by atoms with E-state index in [2.05, 4.69) is 4.74 Å². The van der Waals surface area contributed by atoms with E-state index < -0.39 is 45.6 Å². The molecule has 1 unspecified atom stereocenters. The second kappa shape index (κ2) is 8.92. The van der Waals surface area contributed by atoms with E-state index in [0.29, 0.717) is 6.08 Å². The van der Waals surface area contributed by atoms with E-state index in [4.69, 9.17) is 5.73 Å². The Kier molecular flexibility index (Phi) is 7.45. The van der Waals surface area contributed by atoms with Crippen LogP contribution in [-0.2, 0) is 19.6 Å². The van der Waals surface area contributed by atoms with Crippen LogP contribution in [0.1, 0.15) is 6.42 Å². The number of non-ortho nitro benzene ring substituents is 1. The third-order valence-corrected chi connectivity index (χ3v) is 4.72. The Balaban J connectivity index is 2.96. The number of nitro benzene ring substituents is 1. The molecule has 3 N–H and O–H groups in total. The second-order valence-corrected chi connectivity index (χ2v) is 6.89. The Hall–Kier alpha value is -2.51. The zero-order valence-corrected chi connectivity index (χ0v) is 14.7. The summed E-state index contributed by atoms with van der Waals surface area (Å²) in [4.78, 5) is 21.2. The summed E-state index contributed by atoms with van der Waals surface area (Å²) in [5.41, 5.74) is 4.54. The normalized spacial score (nSPS) is 14.7. The molecule has 0 saturated carbocycles. The Labute approximate surface area is 152 Å². The summed E-state index contributed by atoms with van der Waals surface area (Å²) in [6.45, 7) is 0. The van der Waals surface area contributed by atoms with Gasteiger partial charge >= 0.3 is 12.1 Å². The van der Waals surface area contributed by atoms with Crippen molar-refractivity contribution in [1.82, 2.24) is 4.72 Å². The summed E-state index contributed by atoms with van der Waals surface area (Å²) < 4.78 is 68.0. The molecule has 1 aromatic rings.